The van der Waals surface area contributed by atoms with Crippen LogP contribution in [0.3, 0.4) is 0 Å². The van der Waals surface area contributed by atoms with Crippen molar-refractivity contribution >= 4 is 17.9 Å². The number of ether oxygens (including phenoxy) is 4. The van der Waals surface area contributed by atoms with Crippen molar-refractivity contribution in [1.82, 2.24) is 0 Å². The molecule has 9 heteroatoms. The van der Waals surface area contributed by atoms with Gasteiger partial charge >= 0.3 is 11.9 Å². The topological polar surface area (TPSA) is 111 Å². The van der Waals surface area contributed by atoms with Gasteiger partial charge in [-0.15, -0.1) is 0 Å². The van der Waals surface area contributed by atoms with E-state index in [0.29, 0.717) is 17.4 Å². The Hall–Kier alpha value is -4.05. The molecule has 404 valence electrons. The first-order valence-corrected chi connectivity index (χ1v) is 28.0. The normalized spacial score (nSPS) is 13.6. The number of nitrogens with zero attached hydrogens (tertiary/aromatic N) is 1. The fourth-order valence-electron chi connectivity index (χ4n) is 7.19. The highest BCUT2D eigenvalue weighted by Gasteiger charge is 2.21. The van der Waals surface area contributed by atoms with Gasteiger partial charge in [0.15, 0.2) is 12.4 Å². The van der Waals surface area contributed by atoms with Crippen LogP contribution < -0.4 is 5.11 Å². The monoisotopic (exact) mass is 990 g/mol. The van der Waals surface area contributed by atoms with Crippen LogP contribution in [-0.2, 0) is 33.3 Å². The van der Waals surface area contributed by atoms with Gasteiger partial charge in [0.05, 0.1) is 40.3 Å². The molecule has 0 radical (unpaired) electrons. The van der Waals surface area contributed by atoms with Crippen molar-refractivity contribution in [3.05, 3.63) is 109 Å². The molecule has 71 heavy (non-hydrogen) atoms. The Labute approximate surface area is 434 Å². The van der Waals surface area contributed by atoms with E-state index >= 15 is 0 Å². The maximum atomic E-state index is 12.8. The number of carbonyl (C=O) groups is 3. The van der Waals surface area contributed by atoms with E-state index in [0.717, 1.165) is 83.5 Å². The Morgan fingerprint density at radius 2 is 0.803 bits per heavy atom. The molecular formula is C62H103NO8. The van der Waals surface area contributed by atoms with E-state index in [2.05, 4.69) is 123 Å². The van der Waals surface area contributed by atoms with Crippen molar-refractivity contribution in [2.45, 2.75) is 219 Å². The minimum Gasteiger partial charge on any atom is -0.545 e. The fourth-order valence-corrected chi connectivity index (χ4v) is 7.19. The van der Waals surface area contributed by atoms with E-state index in [1.54, 1.807) is 0 Å². The number of aliphatic carboxylic acids is 1. The number of unbranched alkanes of at least 4 members (excludes halogenated alkanes) is 17. The van der Waals surface area contributed by atoms with Crippen molar-refractivity contribution in [2.24, 2.45) is 0 Å². The Kier molecular flexibility index (Phi) is 49.3. The highest BCUT2D eigenvalue weighted by Crippen LogP contribution is 2.14. The molecule has 0 rings (SSSR count). The molecule has 0 fully saturated rings. The maximum absolute atomic E-state index is 12.8. The Morgan fingerprint density at radius 3 is 1.24 bits per heavy atom. The van der Waals surface area contributed by atoms with Crippen LogP contribution in [0.4, 0.5) is 0 Å². The van der Waals surface area contributed by atoms with Crippen LogP contribution in [0.1, 0.15) is 206 Å². The second-order valence-electron chi connectivity index (χ2n) is 19.5. The lowest BCUT2D eigenvalue weighted by Gasteiger charge is -2.26. The van der Waals surface area contributed by atoms with Crippen molar-refractivity contribution in [1.29, 1.82) is 0 Å². The van der Waals surface area contributed by atoms with E-state index in [1.165, 1.54) is 89.9 Å². The average molecular weight is 991 g/mol. The predicted molar refractivity (Wildman–Crippen MR) is 297 cm³/mol. The van der Waals surface area contributed by atoms with Crippen LogP contribution in [-0.4, -0.2) is 82.3 Å². The highest BCUT2D eigenvalue weighted by atomic mass is 16.7. The van der Waals surface area contributed by atoms with E-state index in [-0.39, 0.29) is 38.6 Å². The molecule has 0 saturated heterocycles. The van der Waals surface area contributed by atoms with Crippen LogP contribution in [0.15, 0.2) is 109 Å². The number of esters is 2. The molecule has 0 spiro atoms. The summed E-state index contributed by atoms with van der Waals surface area (Å²) in [6.45, 7) is 4.56. The molecule has 0 bridgehead atoms. The van der Waals surface area contributed by atoms with Crippen LogP contribution in [0.25, 0.3) is 0 Å². The minimum absolute atomic E-state index is 0.133. The van der Waals surface area contributed by atoms with Gasteiger partial charge in [-0.3, -0.25) is 9.59 Å². The molecule has 0 aliphatic carbocycles. The summed E-state index contributed by atoms with van der Waals surface area (Å²) in [6.07, 6.45) is 68.5. The van der Waals surface area contributed by atoms with Gasteiger partial charge in [-0.05, 0) is 103 Å². The number of carboxylic acid groups (broad SMARTS) is 1. The minimum atomic E-state index is -1.64. The summed E-state index contributed by atoms with van der Waals surface area (Å²) in [7, 11) is 5.89. The zero-order valence-electron chi connectivity index (χ0n) is 45.8. The summed E-state index contributed by atoms with van der Waals surface area (Å²) in [4.78, 5) is 37.2. The van der Waals surface area contributed by atoms with Gasteiger partial charge in [-0.1, -0.05) is 200 Å². The molecule has 0 aliphatic rings. The summed E-state index contributed by atoms with van der Waals surface area (Å²) >= 11 is 0. The Bertz CT molecular complexity index is 1530. The first-order chi connectivity index (χ1) is 34.6. The summed E-state index contributed by atoms with van der Waals surface area (Å²) in [5.41, 5.74) is 0. The summed E-state index contributed by atoms with van der Waals surface area (Å²) in [5, 5.41) is 11.8. The van der Waals surface area contributed by atoms with Gasteiger partial charge in [-0.2, -0.15) is 0 Å². The molecular weight excluding hydrogens is 887 g/mol. The lowest BCUT2D eigenvalue weighted by atomic mass is 10.1. The van der Waals surface area contributed by atoms with Crippen LogP contribution in [0.2, 0.25) is 0 Å². The van der Waals surface area contributed by atoms with Crippen molar-refractivity contribution < 1.29 is 42.9 Å². The molecule has 0 heterocycles. The lowest BCUT2D eigenvalue weighted by Crippen LogP contribution is -2.44. The zero-order valence-corrected chi connectivity index (χ0v) is 45.8. The Balaban J connectivity index is 4.41. The lowest BCUT2D eigenvalue weighted by molar-refractivity contribution is -0.870. The molecule has 0 amide bonds. The van der Waals surface area contributed by atoms with E-state index in [4.69, 9.17) is 18.9 Å². The largest absolute Gasteiger partial charge is 0.545 e. The molecule has 0 aromatic rings. The van der Waals surface area contributed by atoms with Crippen molar-refractivity contribution in [3.63, 3.8) is 0 Å². The number of likely N-dealkylation sites (N-methyl/N-ethyl adjacent to an activating group) is 1. The molecule has 0 aromatic heterocycles. The van der Waals surface area contributed by atoms with Gasteiger partial charge < -0.3 is 33.3 Å². The third kappa shape index (κ3) is 53.6. The number of rotatable bonds is 50. The third-order valence-corrected chi connectivity index (χ3v) is 11.5. The van der Waals surface area contributed by atoms with Gasteiger partial charge in [0.25, 0.3) is 0 Å². The molecule has 0 N–H and O–H groups in total. The molecule has 0 aliphatic heterocycles. The third-order valence-electron chi connectivity index (χ3n) is 11.5. The molecule has 2 atom stereocenters. The number of allylic oxidation sites excluding steroid dienone is 18. The second kappa shape index (κ2) is 52.3. The molecule has 9 nitrogen and oxygen atoms in total. The number of carboxylic acids is 1. The number of quaternary nitrogens is 1. The van der Waals surface area contributed by atoms with Gasteiger partial charge in [0, 0.05) is 12.8 Å². The average Bonchev–Trinajstić information content (AvgIpc) is 3.34. The number of hydrogen-bond acceptors (Lipinski definition) is 8. The molecule has 0 aromatic carbocycles. The van der Waals surface area contributed by atoms with Gasteiger partial charge in [0.1, 0.15) is 13.2 Å². The second-order valence-corrected chi connectivity index (χ2v) is 19.5. The first kappa shape index (κ1) is 67.0. The van der Waals surface area contributed by atoms with E-state index in [9.17, 15) is 19.5 Å². The fraction of sp³-hybridized carbons (Fsp3) is 0.661. The summed E-state index contributed by atoms with van der Waals surface area (Å²) < 4.78 is 22.6. The van der Waals surface area contributed by atoms with Crippen molar-refractivity contribution in [3.8, 4) is 0 Å². The summed E-state index contributed by atoms with van der Waals surface area (Å²) in [5.74, 6) is -2.36. The van der Waals surface area contributed by atoms with Crippen molar-refractivity contribution in [2.75, 3.05) is 47.5 Å². The smallest absolute Gasteiger partial charge is 0.306 e. The molecule has 2 unspecified atom stereocenters. The van der Waals surface area contributed by atoms with Gasteiger partial charge in [-0.25, -0.2) is 0 Å². The first-order valence-electron chi connectivity index (χ1n) is 28.0. The van der Waals surface area contributed by atoms with E-state index < -0.39 is 24.3 Å². The zero-order chi connectivity index (χ0) is 52.0. The summed E-state index contributed by atoms with van der Waals surface area (Å²) in [6, 6.07) is 0. The van der Waals surface area contributed by atoms with Crippen LogP contribution in [0.5, 0.6) is 0 Å². The SMILES string of the molecule is CC/C=C\C/C=C\C/C=C\C/C=C\C/C=C\C/C=C\C/C=C\C/C=C\CCCCC(=O)OC(COC(=O)CCCCCCCCCCC/C=C\CCCCCCCC)COC(OCC[N+](C)(C)C)C(=O)[O-]. The number of hydrogen-bond donors (Lipinski definition) is 0. The number of carbonyl (C=O) groups excluding carboxylic acids is 3. The van der Waals surface area contributed by atoms with E-state index in [1.807, 2.05) is 21.1 Å². The maximum Gasteiger partial charge on any atom is 0.306 e. The van der Waals surface area contributed by atoms with Gasteiger partial charge in [0.2, 0.25) is 0 Å². The van der Waals surface area contributed by atoms with Crippen LogP contribution >= 0.6 is 0 Å². The quantitative estimate of drug-likeness (QED) is 0.0195. The highest BCUT2D eigenvalue weighted by molar-refractivity contribution is 5.70. The molecule has 0 saturated carbocycles. The Morgan fingerprint density at radius 1 is 0.437 bits per heavy atom. The standard InChI is InChI=1S/C62H103NO8/c1-6-8-10-12-14-16-18-20-22-24-26-27-28-29-30-31-32-33-35-37-39-41-43-45-47-49-51-53-60(65)71-58(57-70-62(61(66)67)68-55-54-63(3,4)5)56-69-59(64)52-50-48-46-44-42-40-38-36-34-25-23-21-19-17-15-13-11-9-7-2/h8,10,14,16,20-23,26-27,29-30,32-33,37,39,43,45,58,62H,6-7,9,11-13,15,17-19,24-25,28,31,34-36,38,40-42,44,46-57H2,1-5H3/b10-8-,16-14-,22-20-,23-21-,27-26-,30-29-,33-32-,39-37-,45-43-. The predicted octanol–water partition coefficient (Wildman–Crippen LogP) is 15.0. The van der Waals surface area contributed by atoms with Crippen LogP contribution in [0, 0.1) is 0 Å².